The number of carbonyl (C=O) groups excluding carboxylic acids is 3. The quantitative estimate of drug-likeness (QED) is 0.677. The Morgan fingerprint density at radius 1 is 0.923 bits per heavy atom. The maximum Gasteiger partial charge on any atom is 0.370 e. The summed E-state index contributed by atoms with van der Waals surface area (Å²) in [5, 5.41) is 4.14. The van der Waals surface area contributed by atoms with Gasteiger partial charge in [-0.25, -0.2) is 9.48 Å². The molecule has 0 unspecified atom stereocenters. The van der Waals surface area contributed by atoms with Crippen LogP contribution in [-0.2, 0) is 4.84 Å². The highest BCUT2D eigenvalue weighted by atomic mass is 19.1. The molecule has 8 heteroatoms. The van der Waals surface area contributed by atoms with Gasteiger partial charge < -0.3 is 4.84 Å². The lowest BCUT2D eigenvalue weighted by molar-refractivity contribution is -0.0587. The Morgan fingerprint density at radius 3 is 2.12 bits per heavy atom. The Balaban J connectivity index is 1.60. The minimum Gasteiger partial charge on any atom is -0.324 e. The normalized spacial score (nSPS) is 13.0. The number of hydroxylamine groups is 2. The molecule has 0 fully saturated rings. The topological polar surface area (TPSA) is 81.5 Å². The van der Waals surface area contributed by atoms with Crippen molar-refractivity contribution in [2.45, 2.75) is 0 Å². The van der Waals surface area contributed by atoms with Crippen LogP contribution in [0.3, 0.4) is 0 Å². The van der Waals surface area contributed by atoms with Gasteiger partial charge in [-0.2, -0.15) is 9.49 Å². The van der Waals surface area contributed by atoms with E-state index in [0.717, 1.165) is 10.9 Å². The number of benzene rings is 2. The number of carbonyl (C=O) groups is 3. The molecule has 0 radical (unpaired) electrons. The molecule has 1 aromatic heterocycles. The summed E-state index contributed by atoms with van der Waals surface area (Å²) >= 11 is 0. The van der Waals surface area contributed by atoms with E-state index in [1.54, 1.807) is 42.5 Å². The van der Waals surface area contributed by atoms with Gasteiger partial charge >= 0.3 is 5.97 Å². The number of rotatable bonds is 3. The Labute approximate surface area is 146 Å². The van der Waals surface area contributed by atoms with E-state index >= 15 is 0 Å². The average molecular weight is 351 g/mol. The third-order valence-electron chi connectivity index (χ3n) is 3.86. The smallest absolute Gasteiger partial charge is 0.324 e. The molecule has 0 spiro atoms. The van der Waals surface area contributed by atoms with E-state index in [1.165, 1.54) is 12.1 Å². The highest BCUT2D eigenvalue weighted by molar-refractivity contribution is 6.21. The number of para-hydroxylation sites is 1. The molecule has 3 aromatic rings. The van der Waals surface area contributed by atoms with Gasteiger partial charge in [-0.3, -0.25) is 9.59 Å². The van der Waals surface area contributed by atoms with E-state index in [1.807, 2.05) is 0 Å². The lowest BCUT2D eigenvalue weighted by atomic mass is 10.1. The van der Waals surface area contributed by atoms with E-state index in [4.69, 9.17) is 4.84 Å². The fourth-order valence-corrected chi connectivity index (χ4v) is 2.60. The van der Waals surface area contributed by atoms with Crippen molar-refractivity contribution in [2.24, 2.45) is 0 Å². The highest BCUT2D eigenvalue weighted by Gasteiger charge is 2.39. The first-order valence-corrected chi connectivity index (χ1v) is 7.57. The second kappa shape index (κ2) is 5.92. The minimum absolute atomic E-state index is 0.116. The number of fused-ring (bicyclic) bond motifs is 1. The van der Waals surface area contributed by atoms with Crippen LogP contribution in [0.4, 0.5) is 4.39 Å². The van der Waals surface area contributed by atoms with Gasteiger partial charge in [0.15, 0.2) is 0 Å². The predicted molar refractivity (Wildman–Crippen MR) is 85.9 cm³/mol. The van der Waals surface area contributed by atoms with Crippen LogP contribution in [0, 0.1) is 5.95 Å². The van der Waals surface area contributed by atoms with Crippen LogP contribution in [0.5, 0.6) is 0 Å². The molecule has 2 heterocycles. The standard InChI is InChI=1S/C18H10FN3O4/c19-15-14(10-20-21(15)11-6-2-1-3-7-11)18(25)26-22-16(23)12-8-4-5-9-13(12)17(22)24/h1-10H. The van der Waals surface area contributed by atoms with Crippen LogP contribution in [-0.4, -0.2) is 32.6 Å². The number of imide groups is 1. The number of hydrogen-bond donors (Lipinski definition) is 0. The number of halogens is 1. The number of aromatic nitrogens is 2. The molecule has 0 saturated heterocycles. The Morgan fingerprint density at radius 2 is 1.50 bits per heavy atom. The Hall–Kier alpha value is -3.81. The van der Waals surface area contributed by atoms with Gasteiger partial charge in [-0.15, -0.1) is 0 Å². The summed E-state index contributed by atoms with van der Waals surface area (Å²) in [6.45, 7) is 0. The first-order valence-electron chi connectivity index (χ1n) is 7.57. The molecule has 0 bridgehead atoms. The summed E-state index contributed by atoms with van der Waals surface area (Å²) in [6, 6.07) is 14.4. The first-order chi connectivity index (χ1) is 12.6. The average Bonchev–Trinajstić information content (AvgIpc) is 3.16. The molecule has 2 amide bonds. The molecule has 0 N–H and O–H groups in total. The monoisotopic (exact) mass is 351 g/mol. The number of hydrogen-bond acceptors (Lipinski definition) is 5. The molecule has 1 aliphatic heterocycles. The van der Waals surface area contributed by atoms with Crippen molar-refractivity contribution in [3.8, 4) is 5.69 Å². The summed E-state index contributed by atoms with van der Waals surface area (Å²) < 4.78 is 15.4. The molecule has 128 valence electrons. The Bertz CT molecular complexity index is 1010. The molecule has 2 aromatic carbocycles. The third kappa shape index (κ3) is 2.35. The van der Waals surface area contributed by atoms with Crippen LogP contribution < -0.4 is 0 Å². The maximum absolute atomic E-state index is 14.5. The van der Waals surface area contributed by atoms with E-state index in [-0.39, 0.29) is 11.1 Å². The van der Waals surface area contributed by atoms with Crippen molar-refractivity contribution in [3.63, 3.8) is 0 Å². The number of amides is 2. The summed E-state index contributed by atoms with van der Waals surface area (Å²) in [6.07, 6.45) is 0.975. The highest BCUT2D eigenvalue weighted by Crippen LogP contribution is 2.24. The summed E-state index contributed by atoms with van der Waals surface area (Å²) in [7, 11) is 0. The Kier molecular flexibility index (Phi) is 3.58. The van der Waals surface area contributed by atoms with Gasteiger partial charge in [-0.1, -0.05) is 35.4 Å². The lowest BCUT2D eigenvalue weighted by Gasteiger charge is -2.11. The predicted octanol–water partition coefficient (Wildman–Crippen LogP) is 2.38. The minimum atomic E-state index is -1.20. The second-order valence-electron chi connectivity index (χ2n) is 5.43. The molecule has 1 aliphatic rings. The van der Waals surface area contributed by atoms with Gasteiger partial charge in [-0.05, 0) is 24.3 Å². The molecule has 7 nitrogen and oxygen atoms in total. The van der Waals surface area contributed by atoms with E-state index in [0.29, 0.717) is 10.8 Å². The molecular weight excluding hydrogens is 341 g/mol. The van der Waals surface area contributed by atoms with Crippen molar-refractivity contribution in [1.82, 2.24) is 14.8 Å². The van der Waals surface area contributed by atoms with Crippen molar-refractivity contribution < 1.29 is 23.6 Å². The van der Waals surface area contributed by atoms with Crippen LogP contribution in [0.25, 0.3) is 5.69 Å². The first kappa shape index (κ1) is 15.7. The fraction of sp³-hybridized carbons (Fsp3) is 0. The maximum atomic E-state index is 14.5. The van der Waals surface area contributed by atoms with Crippen LogP contribution in [0.15, 0.2) is 60.8 Å². The second-order valence-corrected chi connectivity index (χ2v) is 5.43. The molecule has 0 aliphatic carbocycles. The van der Waals surface area contributed by atoms with Gasteiger partial charge in [0.25, 0.3) is 11.8 Å². The molecular formula is C18H10FN3O4. The summed E-state index contributed by atoms with van der Waals surface area (Å²) in [5.74, 6) is -3.72. The summed E-state index contributed by atoms with van der Waals surface area (Å²) in [5.41, 5.74) is 0.145. The lowest BCUT2D eigenvalue weighted by Crippen LogP contribution is -2.32. The fourth-order valence-electron chi connectivity index (χ4n) is 2.60. The zero-order chi connectivity index (χ0) is 18.3. The zero-order valence-electron chi connectivity index (χ0n) is 13.1. The van der Waals surface area contributed by atoms with Gasteiger partial charge in [0.1, 0.15) is 5.56 Å². The molecule has 0 atom stereocenters. The third-order valence-corrected chi connectivity index (χ3v) is 3.86. The summed E-state index contributed by atoms with van der Waals surface area (Å²) in [4.78, 5) is 41.5. The van der Waals surface area contributed by atoms with Crippen LogP contribution in [0.1, 0.15) is 31.1 Å². The zero-order valence-corrected chi connectivity index (χ0v) is 13.1. The van der Waals surface area contributed by atoms with Crippen LogP contribution >= 0.6 is 0 Å². The SMILES string of the molecule is O=C(ON1C(=O)c2ccccc2C1=O)c1cnn(-c2ccccc2)c1F. The molecule has 26 heavy (non-hydrogen) atoms. The van der Waals surface area contributed by atoms with Crippen molar-refractivity contribution >= 4 is 17.8 Å². The van der Waals surface area contributed by atoms with E-state index in [2.05, 4.69) is 5.10 Å². The van der Waals surface area contributed by atoms with Gasteiger partial charge in [0.05, 0.1) is 23.0 Å². The van der Waals surface area contributed by atoms with E-state index < -0.39 is 29.3 Å². The van der Waals surface area contributed by atoms with E-state index in [9.17, 15) is 18.8 Å². The largest absolute Gasteiger partial charge is 0.370 e. The molecule has 4 rings (SSSR count). The van der Waals surface area contributed by atoms with Crippen molar-refractivity contribution in [2.75, 3.05) is 0 Å². The van der Waals surface area contributed by atoms with Gasteiger partial charge in [0.2, 0.25) is 5.95 Å². The molecule has 0 saturated carbocycles. The van der Waals surface area contributed by atoms with Crippen molar-refractivity contribution in [1.29, 1.82) is 0 Å². The van der Waals surface area contributed by atoms with Crippen LogP contribution in [0.2, 0.25) is 0 Å². The number of nitrogens with zero attached hydrogens (tertiary/aromatic N) is 3. The van der Waals surface area contributed by atoms with Gasteiger partial charge in [0, 0.05) is 0 Å². The van der Waals surface area contributed by atoms with Crippen molar-refractivity contribution in [3.05, 3.63) is 83.4 Å².